The van der Waals surface area contributed by atoms with Gasteiger partial charge in [-0.15, -0.1) is 12.4 Å². The molecule has 0 aliphatic carbocycles. The van der Waals surface area contributed by atoms with E-state index < -0.39 is 6.04 Å². The Morgan fingerprint density at radius 1 is 1.32 bits per heavy atom. The molecule has 1 aromatic carbocycles. The molecule has 0 aliphatic heterocycles. The van der Waals surface area contributed by atoms with Crippen molar-refractivity contribution >= 4 is 18.3 Å². The molecular weight excluding hydrogens is 340 g/mol. The summed E-state index contributed by atoms with van der Waals surface area (Å²) in [6, 6.07) is 7.60. The highest BCUT2D eigenvalue weighted by Gasteiger charge is 2.19. The average Bonchev–Trinajstić information content (AvgIpc) is 3.01. The van der Waals surface area contributed by atoms with Crippen molar-refractivity contribution in [2.24, 2.45) is 7.05 Å². The number of hydrogen-bond acceptors (Lipinski definition) is 4. The molecule has 1 unspecified atom stereocenters. The van der Waals surface area contributed by atoms with Gasteiger partial charge in [-0.3, -0.25) is 9.48 Å². The van der Waals surface area contributed by atoms with Crippen molar-refractivity contribution in [3.63, 3.8) is 0 Å². The Balaban J connectivity index is 0.00000312. The molecule has 25 heavy (non-hydrogen) atoms. The standard InChI is InChI=1S/C18H26N4O2.ClH/c1-4-9-24-13-15-8-6-5-7-14(15)10-20-18(23)17(19-2)16-11-21-22(3)12-16;/h5-8,11-12,17,19H,4,9-10,13H2,1-3H3,(H,20,23);1H. The van der Waals surface area contributed by atoms with Gasteiger partial charge in [-0.25, -0.2) is 0 Å². The number of ether oxygens (including phenoxy) is 1. The van der Waals surface area contributed by atoms with E-state index in [-0.39, 0.29) is 18.3 Å². The molecule has 0 saturated heterocycles. The highest BCUT2D eigenvalue weighted by molar-refractivity contribution is 5.85. The molecule has 0 bridgehead atoms. The first-order valence-corrected chi connectivity index (χ1v) is 8.23. The first-order chi connectivity index (χ1) is 11.7. The minimum atomic E-state index is -0.415. The maximum absolute atomic E-state index is 12.5. The van der Waals surface area contributed by atoms with Crippen LogP contribution in [-0.2, 0) is 29.7 Å². The Hall–Kier alpha value is -1.89. The van der Waals surface area contributed by atoms with Crippen LogP contribution in [0.3, 0.4) is 0 Å². The topological polar surface area (TPSA) is 68.2 Å². The molecule has 0 radical (unpaired) electrons. The van der Waals surface area contributed by atoms with Crippen LogP contribution >= 0.6 is 12.4 Å². The lowest BCUT2D eigenvalue weighted by atomic mass is 10.1. The minimum absolute atomic E-state index is 0. The molecule has 0 fully saturated rings. The fraction of sp³-hybridized carbons (Fsp3) is 0.444. The van der Waals surface area contributed by atoms with Crippen molar-refractivity contribution in [1.82, 2.24) is 20.4 Å². The van der Waals surface area contributed by atoms with Crippen LogP contribution in [0.1, 0.15) is 36.1 Å². The smallest absolute Gasteiger partial charge is 0.242 e. The Morgan fingerprint density at radius 3 is 2.64 bits per heavy atom. The first-order valence-electron chi connectivity index (χ1n) is 8.23. The second-order valence-corrected chi connectivity index (χ2v) is 5.71. The number of nitrogens with one attached hydrogen (secondary N) is 2. The van der Waals surface area contributed by atoms with Gasteiger partial charge in [0.05, 0.1) is 12.8 Å². The quantitative estimate of drug-likeness (QED) is 0.668. The van der Waals surface area contributed by atoms with Crippen LogP contribution < -0.4 is 10.6 Å². The van der Waals surface area contributed by atoms with Gasteiger partial charge < -0.3 is 15.4 Å². The minimum Gasteiger partial charge on any atom is -0.377 e. The summed E-state index contributed by atoms with van der Waals surface area (Å²) in [5.41, 5.74) is 3.02. The summed E-state index contributed by atoms with van der Waals surface area (Å²) in [4.78, 5) is 12.5. The molecule has 138 valence electrons. The van der Waals surface area contributed by atoms with Crippen LogP contribution in [0.5, 0.6) is 0 Å². The van der Waals surface area contributed by atoms with E-state index in [1.807, 2.05) is 37.5 Å². The van der Waals surface area contributed by atoms with E-state index in [2.05, 4.69) is 22.7 Å². The number of halogens is 1. The van der Waals surface area contributed by atoms with E-state index in [9.17, 15) is 4.79 Å². The van der Waals surface area contributed by atoms with Gasteiger partial charge in [0.15, 0.2) is 0 Å². The third kappa shape index (κ3) is 6.16. The van der Waals surface area contributed by atoms with Crippen LogP contribution in [0.2, 0.25) is 0 Å². The number of nitrogens with zero attached hydrogens (tertiary/aromatic N) is 2. The van der Waals surface area contributed by atoms with Gasteiger partial charge in [0.2, 0.25) is 5.91 Å². The van der Waals surface area contributed by atoms with E-state index in [0.717, 1.165) is 29.7 Å². The zero-order valence-electron chi connectivity index (χ0n) is 15.0. The molecule has 0 spiro atoms. The second kappa shape index (κ2) is 10.9. The molecule has 1 heterocycles. The van der Waals surface area contributed by atoms with Crippen molar-refractivity contribution in [2.45, 2.75) is 32.5 Å². The summed E-state index contributed by atoms with van der Waals surface area (Å²) in [5, 5.41) is 10.2. The van der Waals surface area contributed by atoms with Gasteiger partial charge >= 0.3 is 0 Å². The third-order valence-corrected chi connectivity index (χ3v) is 3.79. The molecule has 0 saturated carbocycles. The monoisotopic (exact) mass is 366 g/mol. The van der Waals surface area contributed by atoms with Gasteiger partial charge in [-0.05, 0) is 24.6 Å². The summed E-state index contributed by atoms with van der Waals surface area (Å²) >= 11 is 0. The lowest BCUT2D eigenvalue weighted by Crippen LogP contribution is -2.35. The van der Waals surface area contributed by atoms with Gasteiger partial charge in [-0.2, -0.15) is 5.10 Å². The van der Waals surface area contributed by atoms with Crippen LogP contribution in [0, 0.1) is 0 Å². The Kier molecular flexibility index (Phi) is 9.20. The van der Waals surface area contributed by atoms with Crippen LogP contribution in [0.25, 0.3) is 0 Å². The SMILES string of the molecule is CCCOCc1ccccc1CNC(=O)C(NC)c1cnn(C)c1.Cl. The summed E-state index contributed by atoms with van der Waals surface area (Å²) in [7, 11) is 3.60. The van der Waals surface area contributed by atoms with E-state index in [4.69, 9.17) is 4.74 Å². The number of amides is 1. The third-order valence-electron chi connectivity index (χ3n) is 3.79. The van der Waals surface area contributed by atoms with Crippen molar-refractivity contribution in [1.29, 1.82) is 0 Å². The fourth-order valence-corrected chi connectivity index (χ4v) is 2.52. The fourth-order valence-electron chi connectivity index (χ4n) is 2.52. The average molecular weight is 367 g/mol. The van der Waals surface area contributed by atoms with E-state index in [0.29, 0.717) is 13.2 Å². The molecule has 0 aliphatic rings. The summed E-state index contributed by atoms with van der Waals surface area (Å²) in [6.45, 7) is 3.87. The maximum atomic E-state index is 12.5. The van der Waals surface area contributed by atoms with Gasteiger partial charge in [-0.1, -0.05) is 31.2 Å². The number of rotatable bonds is 9. The second-order valence-electron chi connectivity index (χ2n) is 5.71. The van der Waals surface area contributed by atoms with Crippen LogP contribution in [0.4, 0.5) is 0 Å². The zero-order chi connectivity index (χ0) is 17.4. The van der Waals surface area contributed by atoms with Crippen LogP contribution in [-0.4, -0.2) is 29.3 Å². The molecule has 1 atom stereocenters. The molecule has 6 nitrogen and oxygen atoms in total. The largest absolute Gasteiger partial charge is 0.377 e. The van der Waals surface area contributed by atoms with Crippen molar-refractivity contribution in [3.05, 3.63) is 53.3 Å². The number of likely N-dealkylation sites (N-methyl/N-ethyl adjacent to an activating group) is 1. The summed E-state index contributed by atoms with van der Waals surface area (Å²) < 4.78 is 7.31. The number of aryl methyl sites for hydroxylation is 1. The number of aromatic nitrogens is 2. The Labute approximate surface area is 155 Å². The normalized spacial score (nSPS) is 11.6. The number of carbonyl (C=O) groups excluding carboxylic acids is 1. The van der Waals surface area contributed by atoms with Crippen molar-refractivity contribution in [2.75, 3.05) is 13.7 Å². The Bertz CT molecular complexity index is 660. The highest BCUT2D eigenvalue weighted by Crippen LogP contribution is 2.13. The van der Waals surface area contributed by atoms with E-state index in [1.165, 1.54) is 0 Å². The van der Waals surface area contributed by atoms with Crippen molar-refractivity contribution < 1.29 is 9.53 Å². The molecule has 2 N–H and O–H groups in total. The van der Waals surface area contributed by atoms with E-state index >= 15 is 0 Å². The maximum Gasteiger partial charge on any atom is 0.242 e. The van der Waals surface area contributed by atoms with E-state index in [1.54, 1.807) is 17.9 Å². The lowest BCUT2D eigenvalue weighted by molar-refractivity contribution is -0.123. The number of hydrogen-bond donors (Lipinski definition) is 2. The molecule has 7 heteroatoms. The lowest BCUT2D eigenvalue weighted by Gasteiger charge is -2.16. The zero-order valence-corrected chi connectivity index (χ0v) is 15.8. The molecule has 1 aromatic heterocycles. The molecule has 2 aromatic rings. The number of carbonyl (C=O) groups is 1. The summed E-state index contributed by atoms with van der Waals surface area (Å²) in [5.74, 6) is -0.0743. The van der Waals surface area contributed by atoms with Gasteiger partial charge in [0, 0.05) is 32.0 Å². The molecule has 1 amide bonds. The summed E-state index contributed by atoms with van der Waals surface area (Å²) in [6.07, 6.45) is 4.54. The van der Waals surface area contributed by atoms with Crippen LogP contribution in [0.15, 0.2) is 36.7 Å². The number of benzene rings is 1. The van der Waals surface area contributed by atoms with Gasteiger partial charge in [0.25, 0.3) is 0 Å². The highest BCUT2D eigenvalue weighted by atomic mass is 35.5. The molecule has 2 rings (SSSR count). The first kappa shape index (κ1) is 21.2. The predicted molar refractivity (Wildman–Crippen MR) is 100 cm³/mol. The van der Waals surface area contributed by atoms with Gasteiger partial charge in [0.1, 0.15) is 6.04 Å². The predicted octanol–water partition coefficient (Wildman–Crippen LogP) is 2.35. The van der Waals surface area contributed by atoms with Crippen molar-refractivity contribution in [3.8, 4) is 0 Å². The molecular formula is C18H27ClN4O2. The Morgan fingerprint density at radius 2 is 2.04 bits per heavy atom.